The molecule has 0 radical (unpaired) electrons. The summed E-state index contributed by atoms with van der Waals surface area (Å²) in [5.74, 6) is 1.82. The van der Waals surface area contributed by atoms with Crippen LogP contribution in [-0.2, 0) is 4.79 Å². The molecule has 0 saturated heterocycles. The molecule has 2 heteroatoms. The van der Waals surface area contributed by atoms with Gasteiger partial charge in [0.15, 0.2) is 0 Å². The average molecular weight is 527 g/mol. The fourth-order valence-corrected chi connectivity index (χ4v) is 7.06. The van der Waals surface area contributed by atoms with Gasteiger partial charge < -0.3 is 5.11 Å². The van der Waals surface area contributed by atoms with E-state index >= 15 is 0 Å². The number of carboxylic acid groups (broad SMARTS) is 1. The molecule has 1 N–H and O–H groups in total. The lowest BCUT2D eigenvalue weighted by atomic mass is 9.65. The number of rotatable bonds is 21. The van der Waals surface area contributed by atoms with E-state index in [4.69, 9.17) is 0 Å². The molecule has 0 spiro atoms. The molecule has 0 aliphatic heterocycles. The number of carboxylic acids is 1. The lowest BCUT2D eigenvalue weighted by molar-refractivity contribution is -0.140. The molecule has 38 heavy (non-hydrogen) atoms. The molecule has 0 aromatic carbocycles. The Labute approximate surface area is 236 Å². The highest BCUT2D eigenvalue weighted by Gasteiger charge is 2.35. The van der Waals surface area contributed by atoms with Crippen molar-refractivity contribution in [3.63, 3.8) is 0 Å². The SMILES string of the molecule is CCCCCC=CCC1C(CCCCCC)C=CC(CCCCCCCC)C1CC=C1CCCC1C(=O)O. The molecule has 5 atom stereocenters. The normalized spacial score (nSPS) is 26.6. The summed E-state index contributed by atoms with van der Waals surface area (Å²) in [6.45, 7) is 6.88. The maximum atomic E-state index is 11.9. The molecule has 0 aromatic rings. The zero-order chi connectivity index (χ0) is 27.4. The molecule has 2 nitrogen and oxygen atoms in total. The summed E-state index contributed by atoms with van der Waals surface area (Å²) < 4.78 is 0. The van der Waals surface area contributed by atoms with Gasteiger partial charge in [0.05, 0.1) is 5.92 Å². The van der Waals surface area contributed by atoms with Crippen molar-refractivity contribution in [2.45, 2.75) is 156 Å². The van der Waals surface area contributed by atoms with Gasteiger partial charge in [0.2, 0.25) is 0 Å². The number of hydrogen-bond acceptors (Lipinski definition) is 1. The summed E-state index contributed by atoms with van der Waals surface area (Å²) in [5.41, 5.74) is 1.22. The third-order valence-corrected chi connectivity index (χ3v) is 9.44. The van der Waals surface area contributed by atoms with Gasteiger partial charge in [-0.15, -0.1) is 0 Å². The summed E-state index contributed by atoms with van der Waals surface area (Å²) in [6, 6.07) is 0. The van der Waals surface area contributed by atoms with Crippen LogP contribution in [-0.4, -0.2) is 11.1 Å². The Balaban J connectivity index is 2.16. The zero-order valence-electron chi connectivity index (χ0n) is 25.5. The van der Waals surface area contributed by atoms with E-state index in [1.807, 2.05) is 0 Å². The van der Waals surface area contributed by atoms with Crippen LogP contribution in [0, 0.1) is 29.6 Å². The van der Waals surface area contributed by atoms with E-state index in [1.54, 1.807) is 0 Å². The van der Waals surface area contributed by atoms with Gasteiger partial charge >= 0.3 is 5.97 Å². The molecule has 0 bridgehead atoms. The summed E-state index contributed by atoms with van der Waals surface area (Å²) in [5, 5.41) is 9.76. The molecule has 2 aliphatic rings. The molecule has 218 valence electrons. The summed E-state index contributed by atoms with van der Waals surface area (Å²) >= 11 is 0. The lowest BCUT2D eigenvalue weighted by Gasteiger charge is -2.40. The molecular weight excluding hydrogens is 464 g/mol. The van der Waals surface area contributed by atoms with Gasteiger partial charge in [-0.2, -0.15) is 0 Å². The van der Waals surface area contributed by atoms with E-state index in [-0.39, 0.29) is 5.92 Å². The van der Waals surface area contributed by atoms with Crippen molar-refractivity contribution in [2.24, 2.45) is 29.6 Å². The van der Waals surface area contributed by atoms with E-state index in [0.29, 0.717) is 23.7 Å². The first kappa shape index (κ1) is 32.9. The van der Waals surface area contributed by atoms with Crippen LogP contribution < -0.4 is 0 Å². The third-order valence-electron chi connectivity index (χ3n) is 9.44. The molecule has 2 aliphatic carbocycles. The van der Waals surface area contributed by atoms with Gasteiger partial charge in [-0.05, 0) is 81.5 Å². The Morgan fingerprint density at radius 1 is 0.763 bits per heavy atom. The van der Waals surface area contributed by atoms with Crippen LogP contribution in [0.2, 0.25) is 0 Å². The van der Waals surface area contributed by atoms with Gasteiger partial charge in [-0.3, -0.25) is 4.79 Å². The number of unbranched alkanes of at least 4 members (excludes halogenated alkanes) is 11. The van der Waals surface area contributed by atoms with E-state index in [2.05, 4.69) is 51.2 Å². The largest absolute Gasteiger partial charge is 0.481 e. The van der Waals surface area contributed by atoms with Crippen LogP contribution in [0.1, 0.15) is 156 Å². The maximum Gasteiger partial charge on any atom is 0.310 e. The smallest absolute Gasteiger partial charge is 0.310 e. The Morgan fingerprint density at radius 3 is 1.95 bits per heavy atom. The van der Waals surface area contributed by atoms with Crippen LogP contribution in [0.3, 0.4) is 0 Å². The summed E-state index contributed by atoms with van der Waals surface area (Å²) in [7, 11) is 0. The minimum atomic E-state index is -0.610. The molecule has 1 saturated carbocycles. The van der Waals surface area contributed by atoms with Crippen LogP contribution in [0.15, 0.2) is 36.0 Å². The first-order chi connectivity index (χ1) is 18.6. The predicted octanol–water partition coefficient (Wildman–Crippen LogP) is 11.5. The van der Waals surface area contributed by atoms with Crippen molar-refractivity contribution in [1.29, 1.82) is 0 Å². The number of carbonyl (C=O) groups is 1. The minimum Gasteiger partial charge on any atom is -0.481 e. The Bertz CT molecular complexity index is 702. The van der Waals surface area contributed by atoms with Gasteiger partial charge in [0.25, 0.3) is 0 Å². The fraction of sp³-hybridized carbons (Fsp3) is 0.806. The molecule has 2 rings (SSSR count). The predicted molar refractivity (Wildman–Crippen MR) is 165 cm³/mol. The maximum absolute atomic E-state index is 11.9. The highest BCUT2D eigenvalue weighted by atomic mass is 16.4. The van der Waals surface area contributed by atoms with E-state index < -0.39 is 5.97 Å². The van der Waals surface area contributed by atoms with Crippen molar-refractivity contribution in [3.8, 4) is 0 Å². The highest BCUT2D eigenvalue weighted by molar-refractivity contribution is 5.74. The average Bonchev–Trinajstić information content (AvgIpc) is 3.39. The third kappa shape index (κ3) is 12.3. The molecule has 5 unspecified atom stereocenters. The van der Waals surface area contributed by atoms with Crippen LogP contribution in [0.5, 0.6) is 0 Å². The van der Waals surface area contributed by atoms with Crippen molar-refractivity contribution in [1.82, 2.24) is 0 Å². The van der Waals surface area contributed by atoms with Gasteiger partial charge in [0, 0.05) is 0 Å². The number of allylic oxidation sites excluding steroid dienone is 5. The minimum absolute atomic E-state index is 0.229. The second kappa shape index (κ2) is 20.6. The van der Waals surface area contributed by atoms with Gasteiger partial charge in [-0.25, -0.2) is 0 Å². The summed E-state index contributed by atoms with van der Waals surface area (Å²) in [4.78, 5) is 11.9. The van der Waals surface area contributed by atoms with Crippen molar-refractivity contribution in [3.05, 3.63) is 36.0 Å². The Hall–Kier alpha value is -1.31. The number of hydrogen-bond donors (Lipinski definition) is 1. The van der Waals surface area contributed by atoms with Crippen molar-refractivity contribution in [2.75, 3.05) is 0 Å². The van der Waals surface area contributed by atoms with Crippen molar-refractivity contribution < 1.29 is 9.90 Å². The van der Waals surface area contributed by atoms with Crippen LogP contribution >= 0.6 is 0 Å². The first-order valence-electron chi connectivity index (χ1n) is 16.9. The molecule has 1 fully saturated rings. The van der Waals surface area contributed by atoms with Crippen LogP contribution in [0.25, 0.3) is 0 Å². The standard InChI is InChI=1S/C36H62O2/c1-4-7-10-13-15-18-22-31-27-26-30(21-17-12-9-6-3)33(24-19-16-14-11-8-5-2)34(31)29-28-32-23-20-25-35(32)36(37)38/h16,19,26-28,30-31,33-35H,4-15,17-18,20-25,29H2,1-3H3,(H,37,38). The van der Waals surface area contributed by atoms with Crippen molar-refractivity contribution >= 4 is 5.97 Å². The quantitative estimate of drug-likeness (QED) is 0.119. The van der Waals surface area contributed by atoms with Crippen LogP contribution in [0.4, 0.5) is 0 Å². The van der Waals surface area contributed by atoms with Gasteiger partial charge in [0.1, 0.15) is 0 Å². The first-order valence-corrected chi connectivity index (χ1v) is 16.9. The van der Waals surface area contributed by atoms with E-state index in [9.17, 15) is 9.90 Å². The molecule has 0 heterocycles. The lowest BCUT2D eigenvalue weighted by Crippen LogP contribution is -2.31. The second-order valence-electron chi connectivity index (χ2n) is 12.4. The Morgan fingerprint density at radius 2 is 1.32 bits per heavy atom. The highest BCUT2D eigenvalue weighted by Crippen LogP contribution is 2.44. The monoisotopic (exact) mass is 526 g/mol. The summed E-state index contributed by atoms with van der Waals surface area (Å²) in [6.07, 6.45) is 39.0. The molecule has 0 amide bonds. The molecular formula is C36H62O2. The van der Waals surface area contributed by atoms with E-state index in [1.165, 1.54) is 115 Å². The molecule has 0 aromatic heterocycles. The zero-order valence-corrected chi connectivity index (χ0v) is 25.5. The Kier molecular flexibility index (Phi) is 17.8. The fourth-order valence-electron chi connectivity index (χ4n) is 7.06. The second-order valence-corrected chi connectivity index (χ2v) is 12.4. The van der Waals surface area contributed by atoms with E-state index in [0.717, 1.165) is 25.7 Å². The topological polar surface area (TPSA) is 37.3 Å². The number of aliphatic carboxylic acids is 1. The van der Waals surface area contributed by atoms with Gasteiger partial charge in [-0.1, -0.05) is 134 Å².